The van der Waals surface area contributed by atoms with Crippen LogP contribution in [0.2, 0.25) is 0 Å². The summed E-state index contributed by atoms with van der Waals surface area (Å²) in [4.78, 5) is 0. The van der Waals surface area contributed by atoms with Gasteiger partial charge in [0, 0.05) is 6.04 Å². The summed E-state index contributed by atoms with van der Waals surface area (Å²) >= 11 is 0. The van der Waals surface area contributed by atoms with E-state index in [2.05, 4.69) is 12.2 Å². The fraction of sp³-hybridized carbons (Fsp3) is 1.00. The molecule has 0 aromatic heterocycles. The van der Waals surface area contributed by atoms with Gasteiger partial charge < -0.3 is 5.32 Å². The van der Waals surface area contributed by atoms with Crippen molar-refractivity contribution in [2.45, 2.75) is 38.6 Å². The minimum absolute atomic E-state index is 0.868. The molecule has 2 rings (SSSR count). The summed E-state index contributed by atoms with van der Waals surface area (Å²) in [5.74, 6) is 2.01. The van der Waals surface area contributed by atoms with Crippen molar-refractivity contribution in [3.8, 4) is 0 Å². The quantitative estimate of drug-likeness (QED) is 0.539. The maximum absolute atomic E-state index is 3.60. The highest BCUT2D eigenvalue weighted by molar-refractivity contribution is 4.86. The van der Waals surface area contributed by atoms with Crippen LogP contribution in [0.4, 0.5) is 0 Å². The zero-order valence-corrected chi connectivity index (χ0v) is 6.77. The molecule has 0 amide bonds. The molecule has 1 N–H and O–H groups in total. The van der Waals surface area contributed by atoms with Gasteiger partial charge in [0.25, 0.3) is 0 Å². The third-order valence-electron chi connectivity index (χ3n) is 3.26. The van der Waals surface area contributed by atoms with E-state index in [1.165, 1.54) is 32.2 Å². The number of hydrogen-bond acceptors (Lipinski definition) is 1. The lowest BCUT2D eigenvalue weighted by molar-refractivity contribution is 0.170. The van der Waals surface area contributed by atoms with E-state index in [4.69, 9.17) is 0 Å². The van der Waals surface area contributed by atoms with E-state index in [1.54, 1.807) is 0 Å². The lowest BCUT2D eigenvalue weighted by atomic mass is 9.75. The summed E-state index contributed by atoms with van der Waals surface area (Å²) in [5.41, 5.74) is 0. The molecule has 1 heteroatoms. The normalized spacial score (nSPS) is 47.1. The Hall–Kier alpha value is -0.0400. The minimum Gasteiger partial charge on any atom is -0.314 e. The summed E-state index contributed by atoms with van der Waals surface area (Å²) in [6.07, 6.45) is 5.85. The van der Waals surface area contributed by atoms with E-state index in [0.717, 1.165) is 17.9 Å². The van der Waals surface area contributed by atoms with Crippen LogP contribution in [0.15, 0.2) is 0 Å². The first-order chi connectivity index (χ1) is 4.86. The van der Waals surface area contributed by atoms with E-state index >= 15 is 0 Å². The molecular weight excluding hydrogens is 122 g/mol. The topological polar surface area (TPSA) is 12.0 Å². The van der Waals surface area contributed by atoms with Gasteiger partial charge in [0.1, 0.15) is 0 Å². The lowest BCUT2D eigenvalue weighted by Gasteiger charge is -2.39. The molecule has 3 atom stereocenters. The molecule has 0 spiro atoms. The third-order valence-corrected chi connectivity index (χ3v) is 3.26. The number of nitrogens with one attached hydrogen (secondary N) is 1. The summed E-state index contributed by atoms with van der Waals surface area (Å²) in [7, 11) is 0. The molecular formula is C9H17N. The Kier molecular flexibility index (Phi) is 1.69. The molecule has 0 aromatic rings. The van der Waals surface area contributed by atoms with Gasteiger partial charge in [-0.25, -0.2) is 0 Å². The van der Waals surface area contributed by atoms with Crippen molar-refractivity contribution >= 4 is 0 Å². The average Bonchev–Trinajstić information content (AvgIpc) is 1.99. The number of fused-ring (bicyclic) bond motifs is 2. The maximum Gasteiger partial charge on any atom is 0.00953 e. The Bertz CT molecular complexity index is 120. The van der Waals surface area contributed by atoms with Crippen molar-refractivity contribution in [1.29, 1.82) is 0 Å². The van der Waals surface area contributed by atoms with Crippen molar-refractivity contribution in [3.05, 3.63) is 0 Å². The van der Waals surface area contributed by atoms with Gasteiger partial charge in [0.2, 0.25) is 0 Å². The molecule has 10 heavy (non-hydrogen) atoms. The maximum atomic E-state index is 3.60. The Balaban J connectivity index is 2.00. The van der Waals surface area contributed by atoms with E-state index in [0.29, 0.717) is 0 Å². The summed E-state index contributed by atoms with van der Waals surface area (Å²) in [6.45, 7) is 3.67. The zero-order valence-electron chi connectivity index (χ0n) is 6.77. The molecule has 1 aliphatic carbocycles. The van der Waals surface area contributed by atoms with E-state index < -0.39 is 0 Å². The second kappa shape index (κ2) is 2.54. The zero-order chi connectivity index (χ0) is 6.97. The molecule has 1 saturated carbocycles. The molecule has 1 saturated heterocycles. The van der Waals surface area contributed by atoms with Gasteiger partial charge in [-0.3, -0.25) is 0 Å². The van der Waals surface area contributed by atoms with Gasteiger partial charge in [-0.15, -0.1) is 0 Å². The first kappa shape index (κ1) is 6.66. The van der Waals surface area contributed by atoms with Gasteiger partial charge >= 0.3 is 0 Å². The Morgan fingerprint density at radius 2 is 2.10 bits per heavy atom. The summed E-state index contributed by atoms with van der Waals surface area (Å²) in [5, 5.41) is 3.60. The monoisotopic (exact) mass is 139 g/mol. The second-order valence-electron chi connectivity index (χ2n) is 4.01. The third kappa shape index (κ3) is 1.07. The molecule has 58 valence electrons. The highest BCUT2D eigenvalue weighted by Gasteiger charge is 2.30. The van der Waals surface area contributed by atoms with Crippen LogP contribution in [-0.4, -0.2) is 12.6 Å². The van der Waals surface area contributed by atoms with E-state index in [-0.39, 0.29) is 0 Å². The van der Waals surface area contributed by atoms with Crippen LogP contribution >= 0.6 is 0 Å². The smallest absolute Gasteiger partial charge is 0.00953 e. The predicted octanol–water partition coefficient (Wildman–Crippen LogP) is 1.78. The molecule has 2 bridgehead atoms. The molecule has 2 aliphatic rings. The molecule has 2 fully saturated rings. The Morgan fingerprint density at radius 1 is 1.20 bits per heavy atom. The van der Waals surface area contributed by atoms with Crippen LogP contribution in [0.25, 0.3) is 0 Å². The van der Waals surface area contributed by atoms with Crippen LogP contribution in [0.1, 0.15) is 32.6 Å². The fourth-order valence-corrected chi connectivity index (χ4v) is 2.43. The predicted molar refractivity (Wildman–Crippen MR) is 42.9 cm³/mol. The molecule has 3 unspecified atom stereocenters. The lowest BCUT2D eigenvalue weighted by Crippen LogP contribution is -2.45. The van der Waals surface area contributed by atoms with E-state index in [9.17, 15) is 0 Å². The van der Waals surface area contributed by atoms with Crippen LogP contribution in [0.5, 0.6) is 0 Å². The molecule has 1 heterocycles. The largest absolute Gasteiger partial charge is 0.314 e. The van der Waals surface area contributed by atoms with Crippen molar-refractivity contribution < 1.29 is 0 Å². The molecule has 0 radical (unpaired) electrons. The Labute approximate surface area is 63.2 Å². The highest BCUT2D eigenvalue weighted by atomic mass is 14.9. The van der Waals surface area contributed by atoms with Crippen LogP contribution < -0.4 is 5.32 Å². The van der Waals surface area contributed by atoms with Gasteiger partial charge in [0.15, 0.2) is 0 Å². The first-order valence-electron chi connectivity index (χ1n) is 4.59. The number of rotatable bonds is 0. The SMILES string of the molecule is CC1CCC2CCNC1C2. The van der Waals surface area contributed by atoms with Crippen LogP contribution in [-0.2, 0) is 0 Å². The second-order valence-corrected chi connectivity index (χ2v) is 4.01. The summed E-state index contributed by atoms with van der Waals surface area (Å²) < 4.78 is 0. The summed E-state index contributed by atoms with van der Waals surface area (Å²) in [6, 6.07) is 0.868. The standard InChI is InChI=1S/C9H17N/c1-7-2-3-8-4-5-10-9(7)6-8/h7-10H,2-6H2,1H3. The minimum atomic E-state index is 0.868. The fourth-order valence-electron chi connectivity index (χ4n) is 2.43. The average molecular weight is 139 g/mol. The van der Waals surface area contributed by atoms with Crippen molar-refractivity contribution in [1.82, 2.24) is 5.32 Å². The highest BCUT2D eigenvalue weighted by Crippen LogP contribution is 2.33. The Morgan fingerprint density at radius 3 is 2.90 bits per heavy atom. The van der Waals surface area contributed by atoms with Crippen LogP contribution in [0.3, 0.4) is 0 Å². The van der Waals surface area contributed by atoms with Gasteiger partial charge in [-0.05, 0) is 37.6 Å². The van der Waals surface area contributed by atoms with Crippen molar-refractivity contribution in [2.75, 3.05) is 6.54 Å². The number of piperidine rings is 1. The first-order valence-corrected chi connectivity index (χ1v) is 4.59. The molecule has 1 nitrogen and oxygen atoms in total. The van der Waals surface area contributed by atoms with Crippen LogP contribution in [0, 0.1) is 11.8 Å². The van der Waals surface area contributed by atoms with E-state index in [1.807, 2.05) is 0 Å². The van der Waals surface area contributed by atoms with Crippen molar-refractivity contribution in [2.24, 2.45) is 11.8 Å². The van der Waals surface area contributed by atoms with Gasteiger partial charge in [0.05, 0.1) is 0 Å². The van der Waals surface area contributed by atoms with Crippen molar-refractivity contribution in [3.63, 3.8) is 0 Å². The van der Waals surface area contributed by atoms with Gasteiger partial charge in [-0.2, -0.15) is 0 Å². The van der Waals surface area contributed by atoms with Gasteiger partial charge in [-0.1, -0.05) is 13.3 Å². The molecule has 1 aliphatic heterocycles. The number of hydrogen-bond donors (Lipinski definition) is 1. The molecule has 0 aromatic carbocycles.